The van der Waals surface area contributed by atoms with E-state index in [1.54, 1.807) is 7.05 Å². The van der Waals surface area contributed by atoms with Gasteiger partial charge in [0.1, 0.15) is 5.82 Å². The van der Waals surface area contributed by atoms with Crippen LogP contribution < -0.4 is 10.9 Å². The molecule has 0 amide bonds. The van der Waals surface area contributed by atoms with Crippen LogP contribution in [0.25, 0.3) is 0 Å². The molecule has 0 aromatic carbocycles. The number of aromatic amines is 1. The quantitative estimate of drug-likeness (QED) is 0.729. The van der Waals surface area contributed by atoms with Crippen molar-refractivity contribution in [3.63, 3.8) is 0 Å². The molecule has 0 aliphatic carbocycles. The third-order valence-corrected chi connectivity index (χ3v) is 4.13. The average Bonchev–Trinajstić information content (AvgIpc) is 2.52. The van der Waals surface area contributed by atoms with Crippen molar-refractivity contribution < 1.29 is 8.42 Å². The van der Waals surface area contributed by atoms with E-state index in [9.17, 15) is 13.2 Å². The molecular weight excluding hydrogens is 230 g/mol. The first-order valence-electron chi connectivity index (χ1n) is 4.92. The molecule has 1 aromatic rings. The Kier molecular flexibility index (Phi) is 2.59. The van der Waals surface area contributed by atoms with E-state index in [1.807, 2.05) is 6.92 Å². The van der Waals surface area contributed by atoms with Crippen molar-refractivity contribution in [1.82, 2.24) is 15.3 Å². The van der Waals surface area contributed by atoms with Crippen molar-refractivity contribution in [3.05, 3.63) is 27.4 Å². The summed E-state index contributed by atoms with van der Waals surface area (Å²) in [7, 11) is -1.44. The van der Waals surface area contributed by atoms with Crippen LogP contribution in [0.15, 0.2) is 4.79 Å². The van der Waals surface area contributed by atoms with Gasteiger partial charge in [0.15, 0.2) is 9.84 Å². The second-order valence-electron chi connectivity index (χ2n) is 3.92. The topological polar surface area (TPSA) is 91.9 Å². The second kappa shape index (κ2) is 3.67. The first-order valence-corrected chi connectivity index (χ1v) is 6.75. The van der Waals surface area contributed by atoms with E-state index in [0.717, 1.165) is 0 Å². The molecule has 0 fully saturated rings. The minimum atomic E-state index is -3.18. The van der Waals surface area contributed by atoms with Crippen LogP contribution in [0.4, 0.5) is 0 Å². The van der Waals surface area contributed by atoms with Gasteiger partial charge in [-0.2, -0.15) is 0 Å². The molecule has 0 bridgehead atoms. The normalized spacial score (nSPS) is 19.4. The van der Waals surface area contributed by atoms with Gasteiger partial charge in [0.2, 0.25) is 0 Å². The van der Waals surface area contributed by atoms with Crippen LogP contribution in [-0.2, 0) is 21.3 Å². The minimum Gasteiger partial charge on any atom is -0.311 e. The number of sulfone groups is 1. The molecule has 6 nitrogen and oxygen atoms in total. The molecule has 0 spiro atoms. The number of H-pyrrole nitrogens is 1. The van der Waals surface area contributed by atoms with Crippen LogP contribution in [0, 0.1) is 0 Å². The summed E-state index contributed by atoms with van der Waals surface area (Å²) in [6, 6.07) is -0.110. The van der Waals surface area contributed by atoms with Crippen molar-refractivity contribution in [2.75, 3.05) is 7.05 Å². The molecule has 0 radical (unpaired) electrons. The van der Waals surface area contributed by atoms with Crippen molar-refractivity contribution in [2.45, 2.75) is 24.5 Å². The average molecular weight is 243 g/mol. The Hall–Kier alpha value is -1.21. The molecule has 1 unspecified atom stereocenters. The number of nitrogens with one attached hydrogen (secondary N) is 2. The van der Waals surface area contributed by atoms with Crippen molar-refractivity contribution in [2.24, 2.45) is 0 Å². The van der Waals surface area contributed by atoms with Crippen LogP contribution in [0.1, 0.15) is 30.0 Å². The maximum atomic E-state index is 11.7. The van der Waals surface area contributed by atoms with Crippen molar-refractivity contribution >= 4 is 9.84 Å². The SMILES string of the molecule is CNC(C)c1nc2c(c(=O)[nH]1)CS(=O)(=O)C2. The maximum absolute atomic E-state index is 11.7. The molecule has 0 saturated heterocycles. The van der Waals surface area contributed by atoms with Gasteiger partial charge in [-0.05, 0) is 14.0 Å². The third-order valence-electron chi connectivity index (χ3n) is 2.68. The number of aromatic nitrogens is 2. The molecule has 7 heteroatoms. The largest absolute Gasteiger partial charge is 0.311 e. The number of hydrogen-bond acceptors (Lipinski definition) is 5. The van der Waals surface area contributed by atoms with Gasteiger partial charge in [-0.1, -0.05) is 0 Å². The number of nitrogens with zero attached hydrogens (tertiary/aromatic N) is 1. The number of fused-ring (bicyclic) bond motifs is 1. The zero-order valence-corrected chi connectivity index (χ0v) is 9.89. The fourth-order valence-corrected chi connectivity index (χ4v) is 3.15. The fraction of sp³-hybridized carbons (Fsp3) is 0.556. The van der Waals surface area contributed by atoms with Gasteiger partial charge >= 0.3 is 0 Å². The first-order chi connectivity index (χ1) is 7.43. The Labute approximate surface area is 93.0 Å². The molecule has 1 aliphatic rings. The Morgan fingerprint density at radius 2 is 2.12 bits per heavy atom. The number of hydrogen-bond donors (Lipinski definition) is 2. The third kappa shape index (κ3) is 1.88. The van der Waals surface area contributed by atoms with E-state index < -0.39 is 9.84 Å². The summed E-state index contributed by atoms with van der Waals surface area (Å²) in [6.07, 6.45) is 0. The molecule has 2 N–H and O–H groups in total. The van der Waals surface area contributed by atoms with Crippen LogP contribution in [0.2, 0.25) is 0 Å². The van der Waals surface area contributed by atoms with Gasteiger partial charge in [0.25, 0.3) is 5.56 Å². The van der Waals surface area contributed by atoms with Gasteiger partial charge in [-0.3, -0.25) is 4.79 Å². The Morgan fingerprint density at radius 3 is 2.75 bits per heavy atom. The molecule has 2 rings (SSSR count). The standard InChI is InChI=1S/C9H13N3O3S/c1-5(10-2)8-11-7-4-16(14,15)3-6(7)9(13)12-8/h5,10H,3-4H2,1-2H3,(H,11,12,13). The highest BCUT2D eigenvalue weighted by atomic mass is 32.2. The lowest BCUT2D eigenvalue weighted by molar-refractivity contribution is 0.596. The predicted octanol–water partition coefficient (Wildman–Crippen LogP) is -0.521. The highest BCUT2D eigenvalue weighted by Crippen LogP contribution is 2.20. The molecule has 1 atom stereocenters. The van der Waals surface area contributed by atoms with Crippen LogP contribution in [0.3, 0.4) is 0 Å². The van der Waals surface area contributed by atoms with Gasteiger partial charge in [-0.25, -0.2) is 13.4 Å². The summed E-state index contributed by atoms with van der Waals surface area (Å²) >= 11 is 0. The smallest absolute Gasteiger partial charge is 0.255 e. The lowest BCUT2D eigenvalue weighted by Gasteiger charge is -2.09. The van der Waals surface area contributed by atoms with Gasteiger partial charge in [0.05, 0.1) is 28.8 Å². The Balaban J connectivity index is 2.54. The van der Waals surface area contributed by atoms with Gasteiger partial charge < -0.3 is 10.3 Å². The highest BCUT2D eigenvalue weighted by Gasteiger charge is 2.29. The summed E-state index contributed by atoms with van der Waals surface area (Å²) in [4.78, 5) is 18.4. The fourth-order valence-electron chi connectivity index (χ4n) is 1.65. The molecule has 1 aliphatic heterocycles. The zero-order valence-electron chi connectivity index (χ0n) is 9.07. The van der Waals surface area contributed by atoms with E-state index in [0.29, 0.717) is 11.5 Å². The monoisotopic (exact) mass is 243 g/mol. The molecule has 88 valence electrons. The summed E-state index contributed by atoms with van der Waals surface area (Å²) in [6.45, 7) is 1.84. The van der Waals surface area contributed by atoms with Crippen molar-refractivity contribution in [1.29, 1.82) is 0 Å². The van der Waals surface area contributed by atoms with Crippen LogP contribution >= 0.6 is 0 Å². The molecule has 2 heterocycles. The van der Waals surface area contributed by atoms with Crippen LogP contribution in [0.5, 0.6) is 0 Å². The Bertz CT molecular complexity index is 576. The van der Waals surface area contributed by atoms with Crippen LogP contribution in [-0.4, -0.2) is 25.4 Å². The summed E-state index contributed by atoms with van der Waals surface area (Å²) in [5, 5.41) is 2.94. The second-order valence-corrected chi connectivity index (χ2v) is 5.98. The summed E-state index contributed by atoms with van der Waals surface area (Å²) in [5.41, 5.74) is 0.330. The minimum absolute atomic E-state index is 0.110. The molecule has 1 aromatic heterocycles. The molecular formula is C9H13N3O3S. The van der Waals surface area contributed by atoms with Gasteiger partial charge in [-0.15, -0.1) is 0 Å². The molecule has 0 saturated carbocycles. The van der Waals surface area contributed by atoms with E-state index in [1.165, 1.54) is 0 Å². The molecule has 16 heavy (non-hydrogen) atoms. The predicted molar refractivity (Wildman–Crippen MR) is 58.7 cm³/mol. The first kappa shape index (κ1) is 11.3. The lowest BCUT2D eigenvalue weighted by atomic mass is 10.2. The summed E-state index contributed by atoms with van der Waals surface area (Å²) < 4.78 is 22.8. The maximum Gasteiger partial charge on any atom is 0.255 e. The van der Waals surface area contributed by atoms with Gasteiger partial charge in [0, 0.05) is 0 Å². The Morgan fingerprint density at radius 1 is 1.44 bits per heavy atom. The zero-order chi connectivity index (χ0) is 11.9. The number of rotatable bonds is 2. The summed E-state index contributed by atoms with van der Waals surface area (Å²) in [5.74, 6) is 0.150. The highest BCUT2D eigenvalue weighted by molar-refractivity contribution is 7.90. The van der Waals surface area contributed by atoms with Crippen molar-refractivity contribution in [3.8, 4) is 0 Å². The van der Waals surface area contributed by atoms with E-state index in [4.69, 9.17) is 0 Å². The lowest BCUT2D eigenvalue weighted by Crippen LogP contribution is -2.23. The van der Waals surface area contributed by atoms with E-state index >= 15 is 0 Å². The van der Waals surface area contributed by atoms with E-state index in [-0.39, 0.29) is 28.7 Å². The van der Waals surface area contributed by atoms with E-state index in [2.05, 4.69) is 15.3 Å².